The molecule has 0 bridgehead atoms. The van der Waals surface area contributed by atoms with Crippen molar-refractivity contribution < 1.29 is 4.65 Å². The second-order valence-corrected chi connectivity index (χ2v) is 9.30. The number of rotatable bonds is 3. The predicted octanol–water partition coefficient (Wildman–Crippen LogP) is 4.33. The van der Waals surface area contributed by atoms with E-state index >= 15 is 0 Å². The summed E-state index contributed by atoms with van der Waals surface area (Å²) in [4.78, 5) is 10.4. The molecule has 0 unspecified atom stereocenters. The summed E-state index contributed by atoms with van der Waals surface area (Å²) in [7, 11) is 0. The van der Waals surface area contributed by atoms with Gasteiger partial charge in [-0.3, -0.25) is 8.96 Å². The molecule has 0 atom stereocenters. The minimum Gasteiger partial charge on any atom is -0.425 e. The first-order chi connectivity index (χ1) is 12.3. The second kappa shape index (κ2) is 6.13. The van der Waals surface area contributed by atoms with Crippen molar-refractivity contribution in [2.45, 2.75) is 51.4 Å². The fraction of sp³-hybridized carbons (Fsp3) is 0.400. The van der Waals surface area contributed by atoms with Gasteiger partial charge in [-0.05, 0) is 62.0 Å². The number of aromatic nitrogens is 3. The van der Waals surface area contributed by atoms with E-state index in [1.54, 1.807) is 24.3 Å². The minimum absolute atomic E-state index is 0.0408. The van der Waals surface area contributed by atoms with Crippen LogP contribution in [0.2, 0.25) is 6.32 Å². The van der Waals surface area contributed by atoms with Crippen molar-refractivity contribution in [1.82, 2.24) is 13.9 Å². The second-order valence-electron chi connectivity index (χ2n) is 8.25. The van der Waals surface area contributed by atoms with Crippen molar-refractivity contribution in [3.8, 4) is 0 Å². The highest BCUT2D eigenvalue weighted by Crippen LogP contribution is 2.45. The van der Waals surface area contributed by atoms with Crippen LogP contribution < -0.4 is 5.46 Å². The lowest BCUT2D eigenvalue weighted by Gasteiger charge is -2.34. The van der Waals surface area contributed by atoms with Gasteiger partial charge < -0.3 is 4.65 Å². The lowest BCUT2D eigenvalue weighted by atomic mass is 9.54. The fourth-order valence-corrected chi connectivity index (χ4v) is 4.27. The first-order valence-electron chi connectivity index (χ1n) is 9.02. The van der Waals surface area contributed by atoms with Gasteiger partial charge in [0, 0.05) is 23.5 Å². The molecule has 4 rings (SSSR count). The van der Waals surface area contributed by atoms with E-state index in [2.05, 4.69) is 79.0 Å². The largest absolute Gasteiger partial charge is 0.425 e. The van der Waals surface area contributed by atoms with Gasteiger partial charge in [-0.1, -0.05) is 31.5 Å². The molecule has 0 spiro atoms. The molecule has 2 aromatic heterocycles. The first kappa shape index (κ1) is 17.6. The Morgan fingerprint density at radius 3 is 2.42 bits per heavy atom. The molecular weight excluding hydrogens is 341 g/mol. The Kier molecular flexibility index (Phi) is 4.16. The molecule has 0 radical (unpaired) electrons. The number of hydrogen-bond donors (Lipinski definition) is 0. The van der Waals surface area contributed by atoms with Gasteiger partial charge in [-0.15, -0.1) is 0 Å². The SMILES string of the molecule is Cc1ccc(Sn2cc(B3CC(C)(C)C(C)(C)O3)c3nccnc32)cc1. The molecule has 1 saturated heterocycles. The van der Waals surface area contributed by atoms with Crippen molar-refractivity contribution in [1.29, 1.82) is 0 Å². The molecule has 0 N–H and O–H groups in total. The number of hydrogen-bond acceptors (Lipinski definition) is 4. The number of benzene rings is 1. The van der Waals surface area contributed by atoms with Gasteiger partial charge in [0.1, 0.15) is 5.52 Å². The summed E-state index contributed by atoms with van der Waals surface area (Å²) in [5, 5.41) is 0. The van der Waals surface area contributed by atoms with Crippen LogP contribution in [-0.2, 0) is 4.65 Å². The van der Waals surface area contributed by atoms with Crippen LogP contribution in [0.15, 0.2) is 47.8 Å². The molecule has 3 heterocycles. The van der Waals surface area contributed by atoms with E-state index in [-0.39, 0.29) is 17.9 Å². The summed E-state index contributed by atoms with van der Waals surface area (Å²) in [6, 6.07) is 8.54. The van der Waals surface area contributed by atoms with Crippen LogP contribution in [-0.4, -0.2) is 26.5 Å². The maximum atomic E-state index is 6.45. The van der Waals surface area contributed by atoms with Crippen LogP contribution in [0.1, 0.15) is 33.3 Å². The Morgan fingerprint density at radius 1 is 1.08 bits per heavy atom. The first-order valence-corrected chi connectivity index (χ1v) is 9.79. The highest BCUT2D eigenvalue weighted by Gasteiger charge is 2.50. The Morgan fingerprint density at radius 2 is 1.77 bits per heavy atom. The number of aryl methyl sites for hydroxylation is 1. The molecule has 26 heavy (non-hydrogen) atoms. The maximum Gasteiger partial charge on any atom is 0.331 e. The average molecular weight is 365 g/mol. The topological polar surface area (TPSA) is 39.9 Å². The smallest absolute Gasteiger partial charge is 0.331 e. The van der Waals surface area contributed by atoms with Crippen molar-refractivity contribution in [2.75, 3.05) is 0 Å². The van der Waals surface area contributed by atoms with Crippen LogP contribution in [0, 0.1) is 12.3 Å². The molecule has 1 aliphatic heterocycles. The maximum absolute atomic E-state index is 6.45. The summed E-state index contributed by atoms with van der Waals surface area (Å²) in [5.74, 6) is 0. The quantitative estimate of drug-likeness (QED) is 0.648. The van der Waals surface area contributed by atoms with Crippen molar-refractivity contribution in [2.24, 2.45) is 5.41 Å². The zero-order chi connectivity index (χ0) is 18.5. The Labute approximate surface area is 159 Å². The van der Waals surface area contributed by atoms with Crippen LogP contribution in [0.25, 0.3) is 11.2 Å². The van der Waals surface area contributed by atoms with E-state index in [0.29, 0.717) is 0 Å². The summed E-state index contributed by atoms with van der Waals surface area (Å²) in [6.45, 7) is 11.1. The molecule has 0 saturated carbocycles. The summed E-state index contributed by atoms with van der Waals surface area (Å²) < 4.78 is 8.56. The van der Waals surface area contributed by atoms with Crippen LogP contribution in [0.5, 0.6) is 0 Å². The van der Waals surface area contributed by atoms with Crippen molar-refractivity contribution in [3.05, 3.63) is 48.4 Å². The normalized spacial score (nSPS) is 18.6. The number of nitrogens with zero attached hydrogens (tertiary/aromatic N) is 3. The molecule has 1 aromatic carbocycles. The molecular formula is C20H24BN3OS. The third-order valence-corrected chi connectivity index (χ3v) is 6.71. The van der Waals surface area contributed by atoms with Gasteiger partial charge in [0.25, 0.3) is 0 Å². The van der Waals surface area contributed by atoms with Crippen molar-refractivity contribution in [3.63, 3.8) is 0 Å². The van der Waals surface area contributed by atoms with Gasteiger partial charge in [-0.2, -0.15) is 0 Å². The summed E-state index contributed by atoms with van der Waals surface area (Å²) in [5.41, 5.74) is 4.16. The molecule has 0 aliphatic carbocycles. The molecule has 1 fully saturated rings. The fourth-order valence-electron chi connectivity index (χ4n) is 3.40. The lowest BCUT2D eigenvalue weighted by Crippen LogP contribution is -2.36. The molecule has 3 aromatic rings. The Balaban J connectivity index is 1.74. The molecule has 4 nitrogen and oxygen atoms in total. The number of fused-ring (bicyclic) bond motifs is 1. The van der Waals surface area contributed by atoms with Crippen molar-refractivity contribution >= 4 is 35.5 Å². The Bertz CT molecular complexity index is 933. The van der Waals surface area contributed by atoms with Crippen LogP contribution in [0.3, 0.4) is 0 Å². The third-order valence-electron chi connectivity index (χ3n) is 5.75. The minimum atomic E-state index is -0.168. The van der Waals surface area contributed by atoms with E-state index in [1.807, 2.05) is 0 Å². The van der Waals surface area contributed by atoms with Gasteiger partial charge >= 0.3 is 6.92 Å². The van der Waals surface area contributed by atoms with E-state index in [4.69, 9.17) is 4.65 Å². The van der Waals surface area contributed by atoms with Gasteiger partial charge in [-0.25, -0.2) is 4.98 Å². The standard InChI is InChI=1S/C20H24BN3OS/c1-14-6-8-15(9-7-14)26-24-12-16(17-18(24)23-11-10-22-17)21-13-19(2,3)20(4,5)25-21/h6-12H,13H2,1-5H3. The summed E-state index contributed by atoms with van der Waals surface area (Å²) >= 11 is 1.66. The molecule has 6 heteroatoms. The average Bonchev–Trinajstić information content (AvgIpc) is 3.04. The third kappa shape index (κ3) is 2.95. The lowest BCUT2D eigenvalue weighted by molar-refractivity contribution is 0.0376. The monoisotopic (exact) mass is 365 g/mol. The van der Waals surface area contributed by atoms with E-state index in [1.165, 1.54) is 10.5 Å². The molecule has 134 valence electrons. The van der Waals surface area contributed by atoms with E-state index in [0.717, 1.165) is 22.9 Å². The molecule has 1 aliphatic rings. The van der Waals surface area contributed by atoms with Gasteiger partial charge in [0.15, 0.2) is 5.65 Å². The summed E-state index contributed by atoms with van der Waals surface area (Å²) in [6.07, 6.45) is 6.64. The predicted molar refractivity (Wildman–Crippen MR) is 109 cm³/mol. The molecule has 0 amide bonds. The van der Waals surface area contributed by atoms with Gasteiger partial charge in [0.05, 0.1) is 5.60 Å². The zero-order valence-electron chi connectivity index (χ0n) is 16.0. The van der Waals surface area contributed by atoms with Crippen LogP contribution in [0.4, 0.5) is 0 Å². The zero-order valence-corrected chi connectivity index (χ0v) is 16.8. The highest BCUT2D eigenvalue weighted by molar-refractivity contribution is 7.98. The van der Waals surface area contributed by atoms with Crippen LogP contribution >= 0.6 is 11.9 Å². The Hall–Kier alpha value is -1.79. The van der Waals surface area contributed by atoms with E-state index in [9.17, 15) is 0 Å². The van der Waals surface area contributed by atoms with Gasteiger partial charge in [0.2, 0.25) is 0 Å². The van der Waals surface area contributed by atoms with E-state index < -0.39 is 0 Å². The highest BCUT2D eigenvalue weighted by atomic mass is 32.2.